The van der Waals surface area contributed by atoms with Gasteiger partial charge in [-0.2, -0.15) is 4.80 Å². The summed E-state index contributed by atoms with van der Waals surface area (Å²) in [5.74, 6) is -0.0558. The maximum absolute atomic E-state index is 13.4. The van der Waals surface area contributed by atoms with Gasteiger partial charge in [-0.05, 0) is 83.7 Å². The second-order valence-corrected chi connectivity index (χ2v) is 17.4. The van der Waals surface area contributed by atoms with Crippen LogP contribution in [0.1, 0.15) is 93.0 Å². The molecule has 1 saturated heterocycles. The number of aliphatic carboxylic acids is 1. The van der Waals surface area contributed by atoms with Crippen LogP contribution in [0.3, 0.4) is 0 Å². The largest absolute Gasteiger partial charge is 0.481 e. The molecule has 0 amide bonds. The lowest BCUT2D eigenvalue weighted by atomic mass is 9.34. The molecule has 264 valence electrons. The number of aliphatic hydroxyl groups excluding tert-OH is 2. The normalized spacial score (nSPS) is 43.8. The first-order chi connectivity index (χ1) is 22.0. The van der Waals surface area contributed by atoms with Gasteiger partial charge in [0.2, 0.25) is 0 Å². The first kappa shape index (κ1) is 34.7. The van der Waals surface area contributed by atoms with Crippen molar-refractivity contribution in [2.24, 2.45) is 56.7 Å². The molecule has 3 saturated carbocycles. The summed E-state index contributed by atoms with van der Waals surface area (Å²) in [4.78, 5) is 14.9. The lowest BCUT2D eigenvalue weighted by molar-refractivity contribution is -0.260. The van der Waals surface area contributed by atoms with Crippen molar-refractivity contribution in [3.63, 3.8) is 0 Å². The Balaban J connectivity index is 1.44. The van der Waals surface area contributed by atoms with E-state index in [4.69, 9.17) is 15.2 Å². The highest BCUT2D eigenvalue weighted by Gasteiger charge is 2.72. The number of aliphatic hydroxyl groups is 3. The molecule has 4 fully saturated rings. The van der Waals surface area contributed by atoms with Gasteiger partial charge in [-0.3, -0.25) is 4.79 Å². The van der Waals surface area contributed by atoms with Crippen LogP contribution in [-0.4, -0.2) is 91.3 Å². The van der Waals surface area contributed by atoms with E-state index in [1.54, 1.807) is 0 Å². The third-order valence-electron chi connectivity index (χ3n) is 15.0. The molecule has 2 heterocycles. The van der Waals surface area contributed by atoms with E-state index in [9.17, 15) is 25.2 Å². The molecule has 1 aromatic rings. The van der Waals surface area contributed by atoms with Gasteiger partial charge in [0.1, 0.15) is 11.6 Å². The Morgan fingerprint density at radius 2 is 1.83 bits per heavy atom. The molecule has 12 heteroatoms. The molecule has 2 bridgehead atoms. The van der Waals surface area contributed by atoms with E-state index in [1.807, 2.05) is 0 Å². The second kappa shape index (κ2) is 11.5. The number of hydrogen-bond acceptors (Lipinski definition) is 10. The summed E-state index contributed by atoms with van der Waals surface area (Å²) >= 11 is 0. The molecule has 12 nitrogen and oxygen atoms in total. The first-order valence-electron chi connectivity index (χ1n) is 17.6. The van der Waals surface area contributed by atoms with Crippen molar-refractivity contribution in [1.82, 2.24) is 20.2 Å². The van der Waals surface area contributed by atoms with E-state index in [1.165, 1.54) is 10.4 Å². The number of fused-ring (bicyclic) bond motifs is 3. The average Bonchev–Trinajstić information content (AvgIpc) is 3.45. The number of carboxylic acid groups (broad SMARTS) is 1. The number of nitrogen functional groups attached to an aromatic ring is 1. The molecule has 0 radical (unpaired) electrons. The quantitative estimate of drug-likeness (QED) is 0.244. The zero-order chi connectivity index (χ0) is 34.4. The van der Waals surface area contributed by atoms with Crippen LogP contribution >= 0.6 is 0 Å². The summed E-state index contributed by atoms with van der Waals surface area (Å²) in [5.41, 5.74) is 3.71. The van der Waals surface area contributed by atoms with Crippen LogP contribution in [-0.2, 0) is 14.3 Å². The highest BCUT2D eigenvalue weighted by atomic mass is 16.5. The summed E-state index contributed by atoms with van der Waals surface area (Å²) < 4.78 is 13.0. The van der Waals surface area contributed by atoms with Gasteiger partial charge in [0.25, 0.3) is 5.95 Å². The summed E-state index contributed by atoms with van der Waals surface area (Å²) in [6.07, 6.45) is 6.89. The molecule has 0 spiro atoms. The monoisotopic (exact) mass is 659 g/mol. The van der Waals surface area contributed by atoms with Crippen molar-refractivity contribution in [2.45, 2.75) is 105 Å². The minimum Gasteiger partial charge on any atom is -0.481 e. The van der Waals surface area contributed by atoms with Crippen molar-refractivity contribution in [2.75, 3.05) is 38.8 Å². The van der Waals surface area contributed by atoms with E-state index in [0.717, 1.165) is 25.7 Å². The summed E-state index contributed by atoms with van der Waals surface area (Å²) in [6.45, 7) is 15.1. The predicted octanol–water partition coefficient (Wildman–Crippen LogP) is 3.49. The lowest BCUT2D eigenvalue weighted by Crippen LogP contribution is -2.69. The van der Waals surface area contributed by atoms with Gasteiger partial charge in [0.05, 0.1) is 45.1 Å². The number of aromatic nitrogens is 4. The number of ether oxygens (including phenoxy) is 2. The van der Waals surface area contributed by atoms with Gasteiger partial charge >= 0.3 is 5.97 Å². The number of hydrogen-bond donors (Lipinski definition) is 5. The Morgan fingerprint density at radius 1 is 1.13 bits per heavy atom. The number of tetrazole rings is 1. The minimum atomic E-state index is -1.80. The molecule has 47 heavy (non-hydrogen) atoms. The van der Waals surface area contributed by atoms with Crippen LogP contribution in [0.15, 0.2) is 11.6 Å². The fourth-order valence-electron chi connectivity index (χ4n) is 11.9. The molecule has 6 rings (SSSR count). The standard InChI is InChI=1S/C35H57N5O7/c1-20(2)21(3)30(4)12-13-32(6)22-8-9-25-31(5)17-46-19-35(25,23(22)10-11-33(32,7)26(30)28(43)44)14-24(40-38-29(36)37-39-40)27(31)47-18-34(45,15-41)16-42/h10,20-22,24-27,41-42,45H,8-9,11-19H2,1-7H3,(H2,36,38)(H,43,44)/t21-,22+,24-,25+,26-,27+,30-,31?,32-,33+,35+/m1/s1. The topological polar surface area (TPSA) is 186 Å². The summed E-state index contributed by atoms with van der Waals surface area (Å²) in [7, 11) is 0. The van der Waals surface area contributed by atoms with Crippen LogP contribution in [0.4, 0.5) is 5.95 Å². The number of nitrogens with two attached hydrogens (primary N) is 1. The molecule has 11 atom stereocenters. The van der Waals surface area contributed by atoms with E-state index in [-0.39, 0.29) is 46.6 Å². The Kier molecular flexibility index (Phi) is 8.47. The van der Waals surface area contributed by atoms with Crippen LogP contribution in [0, 0.1) is 56.7 Å². The molecule has 6 N–H and O–H groups in total. The third-order valence-corrected chi connectivity index (χ3v) is 15.0. The van der Waals surface area contributed by atoms with Gasteiger partial charge in [-0.25, -0.2) is 0 Å². The Hall–Kier alpha value is -2.12. The number of anilines is 1. The molecule has 4 aliphatic carbocycles. The van der Waals surface area contributed by atoms with Crippen LogP contribution < -0.4 is 5.73 Å². The van der Waals surface area contributed by atoms with E-state index >= 15 is 0 Å². The molecule has 1 aliphatic heterocycles. The van der Waals surface area contributed by atoms with Gasteiger partial charge in [0.15, 0.2) is 0 Å². The molecule has 1 unspecified atom stereocenters. The zero-order valence-electron chi connectivity index (χ0n) is 29.3. The fraction of sp³-hybridized carbons (Fsp3) is 0.886. The average molecular weight is 660 g/mol. The number of carboxylic acids is 1. The van der Waals surface area contributed by atoms with E-state index < -0.39 is 53.7 Å². The predicted molar refractivity (Wildman–Crippen MR) is 174 cm³/mol. The minimum absolute atomic E-state index is 0.0550. The van der Waals surface area contributed by atoms with Crippen molar-refractivity contribution < 1.29 is 34.7 Å². The summed E-state index contributed by atoms with van der Waals surface area (Å²) in [6, 6.07) is -0.402. The Bertz CT molecular complexity index is 1400. The number of nitrogens with zero attached hydrogens (tertiary/aromatic N) is 4. The molecule has 5 aliphatic rings. The van der Waals surface area contributed by atoms with Gasteiger partial charge < -0.3 is 35.6 Å². The van der Waals surface area contributed by atoms with E-state index in [2.05, 4.69) is 70.0 Å². The van der Waals surface area contributed by atoms with Crippen LogP contribution in [0.5, 0.6) is 0 Å². The maximum Gasteiger partial charge on any atom is 0.307 e. The second-order valence-electron chi connectivity index (χ2n) is 17.4. The number of allylic oxidation sites excluding steroid dienone is 1. The van der Waals surface area contributed by atoms with E-state index in [0.29, 0.717) is 32.0 Å². The van der Waals surface area contributed by atoms with Crippen LogP contribution in [0.2, 0.25) is 0 Å². The fourth-order valence-corrected chi connectivity index (χ4v) is 11.9. The highest BCUT2D eigenvalue weighted by molar-refractivity contribution is 5.73. The third kappa shape index (κ3) is 4.78. The van der Waals surface area contributed by atoms with Gasteiger partial charge in [-0.15, -0.1) is 5.10 Å². The Morgan fingerprint density at radius 3 is 2.43 bits per heavy atom. The number of carbonyl (C=O) groups is 1. The zero-order valence-corrected chi connectivity index (χ0v) is 29.3. The summed E-state index contributed by atoms with van der Waals surface area (Å²) in [5, 5.41) is 54.1. The molecular formula is C35H57N5O7. The molecular weight excluding hydrogens is 602 g/mol. The smallest absolute Gasteiger partial charge is 0.307 e. The molecule has 1 aromatic heterocycles. The maximum atomic E-state index is 13.4. The van der Waals surface area contributed by atoms with Gasteiger partial charge in [-0.1, -0.05) is 65.2 Å². The van der Waals surface area contributed by atoms with Gasteiger partial charge in [0, 0.05) is 10.8 Å². The highest BCUT2D eigenvalue weighted by Crippen LogP contribution is 2.75. The van der Waals surface area contributed by atoms with Crippen molar-refractivity contribution >= 4 is 11.9 Å². The van der Waals surface area contributed by atoms with Crippen molar-refractivity contribution in [3.05, 3.63) is 11.6 Å². The van der Waals surface area contributed by atoms with Crippen molar-refractivity contribution in [1.29, 1.82) is 0 Å². The SMILES string of the molecule is CC(C)[C@@H](C)[C@@]1(C)CC[C@]2(C)[C@H]3CC[C@H]4C5(C)COC[C@@]4(C[C@@H](n4nnc(N)n4)[C@@H]5OCC(O)(CO)CO)C3=CC[C@@]2(C)[C@@H]1C(=O)O. The Labute approximate surface area is 278 Å². The van der Waals surface area contributed by atoms with Crippen LogP contribution in [0.25, 0.3) is 0 Å². The first-order valence-corrected chi connectivity index (χ1v) is 17.6. The number of rotatable bonds is 9. The molecule has 0 aromatic carbocycles. The van der Waals surface area contributed by atoms with Crippen molar-refractivity contribution in [3.8, 4) is 0 Å². The lowest BCUT2D eigenvalue weighted by Gasteiger charge is -2.71.